The molecule has 4 fully saturated rings. The number of carbonyl (C=O) groups excluding carboxylic acids is 1. The molecule has 0 unspecified atom stereocenters. The minimum absolute atomic E-state index is 0. The first-order valence-corrected chi connectivity index (χ1v) is 11.8. The van der Waals surface area contributed by atoms with E-state index in [1.165, 1.54) is 18.4 Å². The molecule has 168 valence electrons. The van der Waals surface area contributed by atoms with Gasteiger partial charge in [-0.3, -0.25) is 9.69 Å². The number of ether oxygens (including phenoxy) is 1. The number of carbonyl (C=O) groups is 1. The number of likely N-dealkylation sites (tertiary alicyclic amines) is 2. The lowest BCUT2D eigenvalue weighted by Gasteiger charge is -2.64. The molecule has 31 heavy (non-hydrogen) atoms. The Bertz CT molecular complexity index is 952. The monoisotopic (exact) mass is 446 g/mol. The number of amides is 1. The van der Waals surface area contributed by atoms with Crippen molar-refractivity contribution < 1.29 is 19.7 Å². The van der Waals surface area contributed by atoms with Gasteiger partial charge in [0.1, 0.15) is 6.10 Å². The van der Waals surface area contributed by atoms with Gasteiger partial charge in [-0.25, -0.2) is 0 Å². The molecule has 1 aromatic carbocycles. The molecule has 2 N–H and O–H groups in total. The standard InChI is InChI=1S/C24H30N2O4.ClH/c27-17-6-5-15-12-18-24(29)8-7-16(26-10-1-2-19(26)28)22-23(24,20(15)21(17)30-22)9-11-25(18)13-14-3-4-14;/h5-6,14,16,18,22,27,29H,1-4,7-13H2;1H/t16-,18-,22-,23+,24-;/m1./s1. The number of hydrogen-bond acceptors (Lipinski definition) is 5. The first-order valence-electron chi connectivity index (χ1n) is 11.8. The third kappa shape index (κ3) is 2.39. The predicted octanol–water partition coefficient (Wildman–Crippen LogP) is 2.37. The normalized spacial score (nSPS) is 40.4. The average Bonchev–Trinajstić information content (AvgIpc) is 3.32. The Morgan fingerprint density at radius 3 is 2.74 bits per heavy atom. The maximum atomic E-state index is 12.6. The molecule has 6 nitrogen and oxygen atoms in total. The smallest absolute Gasteiger partial charge is 0.223 e. The maximum absolute atomic E-state index is 12.6. The Labute approximate surface area is 189 Å². The van der Waals surface area contributed by atoms with Gasteiger partial charge in [-0.1, -0.05) is 6.07 Å². The quantitative estimate of drug-likeness (QED) is 0.745. The van der Waals surface area contributed by atoms with Gasteiger partial charge in [-0.05, 0) is 69.0 Å². The summed E-state index contributed by atoms with van der Waals surface area (Å²) in [4.78, 5) is 17.2. The second kappa shape index (κ2) is 6.52. The van der Waals surface area contributed by atoms with Crippen LogP contribution in [0.15, 0.2) is 12.1 Å². The van der Waals surface area contributed by atoms with Crippen molar-refractivity contribution in [2.45, 2.75) is 80.6 Å². The number of piperidine rings is 1. The fourth-order valence-corrected chi connectivity index (χ4v) is 7.79. The van der Waals surface area contributed by atoms with E-state index in [1.54, 1.807) is 6.07 Å². The molecule has 5 atom stereocenters. The van der Waals surface area contributed by atoms with E-state index in [0.29, 0.717) is 18.6 Å². The molecule has 0 radical (unpaired) electrons. The maximum Gasteiger partial charge on any atom is 0.223 e. The minimum atomic E-state index is -0.865. The van der Waals surface area contributed by atoms with Crippen molar-refractivity contribution in [2.24, 2.45) is 5.92 Å². The van der Waals surface area contributed by atoms with Crippen LogP contribution in [0.2, 0.25) is 0 Å². The first-order chi connectivity index (χ1) is 14.5. The molecule has 1 spiro atoms. The first kappa shape index (κ1) is 20.1. The van der Waals surface area contributed by atoms with Crippen LogP contribution in [0.4, 0.5) is 0 Å². The third-order valence-electron chi connectivity index (χ3n) is 9.24. The summed E-state index contributed by atoms with van der Waals surface area (Å²) in [7, 11) is 0. The number of hydrogen-bond donors (Lipinski definition) is 2. The molecule has 7 heteroatoms. The zero-order chi connectivity index (χ0) is 20.3. The zero-order valence-corrected chi connectivity index (χ0v) is 18.6. The molecule has 3 aliphatic heterocycles. The summed E-state index contributed by atoms with van der Waals surface area (Å²) in [6.45, 7) is 2.83. The van der Waals surface area contributed by atoms with Crippen molar-refractivity contribution in [3.63, 3.8) is 0 Å². The van der Waals surface area contributed by atoms with Gasteiger partial charge < -0.3 is 19.8 Å². The van der Waals surface area contributed by atoms with Crippen LogP contribution < -0.4 is 4.74 Å². The summed E-state index contributed by atoms with van der Waals surface area (Å²) in [6, 6.07) is 3.87. The fraction of sp³-hybridized carbons (Fsp3) is 0.708. The van der Waals surface area contributed by atoms with E-state index in [-0.39, 0.29) is 42.3 Å². The highest BCUT2D eigenvalue weighted by Crippen LogP contribution is 2.66. The highest BCUT2D eigenvalue weighted by Gasteiger charge is 2.73. The molecule has 7 rings (SSSR count). The van der Waals surface area contributed by atoms with Gasteiger partial charge >= 0.3 is 0 Å². The molecule has 2 saturated heterocycles. The number of benzene rings is 1. The largest absolute Gasteiger partial charge is 0.504 e. The second-order valence-electron chi connectivity index (χ2n) is 10.6. The van der Waals surface area contributed by atoms with E-state index in [9.17, 15) is 15.0 Å². The number of phenolic OH excluding ortho intramolecular Hbond substituents is 1. The van der Waals surface area contributed by atoms with Gasteiger partial charge in [0.05, 0.1) is 17.1 Å². The summed E-state index contributed by atoms with van der Waals surface area (Å²) in [5, 5.41) is 23.1. The van der Waals surface area contributed by atoms with E-state index < -0.39 is 11.0 Å². The highest BCUT2D eigenvalue weighted by atomic mass is 35.5. The molecule has 2 saturated carbocycles. The van der Waals surface area contributed by atoms with E-state index in [2.05, 4.69) is 4.90 Å². The van der Waals surface area contributed by atoms with E-state index in [1.807, 2.05) is 11.0 Å². The number of aliphatic hydroxyl groups is 1. The zero-order valence-electron chi connectivity index (χ0n) is 17.8. The van der Waals surface area contributed by atoms with Crippen LogP contribution in [0, 0.1) is 5.92 Å². The molecule has 3 heterocycles. The summed E-state index contributed by atoms with van der Waals surface area (Å²) < 4.78 is 6.55. The topological polar surface area (TPSA) is 73.2 Å². The van der Waals surface area contributed by atoms with E-state index >= 15 is 0 Å². The Hall–Kier alpha value is -1.50. The number of aromatic hydroxyl groups is 1. The summed E-state index contributed by atoms with van der Waals surface area (Å²) in [5.74, 6) is 1.74. The van der Waals surface area contributed by atoms with Crippen LogP contribution in [-0.4, -0.2) is 69.3 Å². The lowest BCUT2D eigenvalue weighted by atomic mass is 9.48. The van der Waals surface area contributed by atoms with Crippen LogP contribution in [0.3, 0.4) is 0 Å². The fourth-order valence-electron chi connectivity index (χ4n) is 7.79. The van der Waals surface area contributed by atoms with Crippen LogP contribution in [-0.2, 0) is 16.6 Å². The van der Waals surface area contributed by atoms with Crippen molar-refractivity contribution in [1.82, 2.24) is 9.80 Å². The molecule has 3 aliphatic carbocycles. The molecule has 1 aromatic rings. The van der Waals surface area contributed by atoms with E-state index in [0.717, 1.165) is 56.8 Å². The van der Waals surface area contributed by atoms with Gasteiger partial charge in [0.2, 0.25) is 5.91 Å². The van der Waals surface area contributed by atoms with Crippen molar-refractivity contribution in [3.8, 4) is 11.5 Å². The number of nitrogens with zero attached hydrogens (tertiary/aromatic N) is 2. The van der Waals surface area contributed by atoms with Gasteiger partial charge in [0.15, 0.2) is 11.5 Å². The Morgan fingerprint density at radius 2 is 2.00 bits per heavy atom. The van der Waals surface area contributed by atoms with Crippen LogP contribution in [0.25, 0.3) is 0 Å². The molecular formula is C24H31ClN2O4. The van der Waals surface area contributed by atoms with Crippen LogP contribution in [0.1, 0.15) is 56.1 Å². The summed E-state index contributed by atoms with van der Waals surface area (Å²) >= 11 is 0. The molecule has 1 amide bonds. The lowest BCUT2D eigenvalue weighted by molar-refractivity contribution is -0.200. The average molecular weight is 447 g/mol. The number of phenols is 1. The van der Waals surface area contributed by atoms with Crippen molar-refractivity contribution in [3.05, 3.63) is 23.3 Å². The Kier molecular flexibility index (Phi) is 4.23. The van der Waals surface area contributed by atoms with Crippen molar-refractivity contribution in [2.75, 3.05) is 19.6 Å². The predicted molar refractivity (Wildman–Crippen MR) is 117 cm³/mol. The minimum Gasteiger partial charge on any atom is -0.504 e. The Morgan fingerprint density at radius 1 is 1.16 bits per heavy atom. The third-order valence-corrected chi connectivity index (χ3v) is 9.24. The van der Waals surface area contributed by atoms with Crippen LogP contribution in [0.5, 0.6) is 11.5 Å². The number of halogens is 1. The molecule has 2 bridgehead atoms. The van der Waals surface area contributed by atoms with Crippen molar-refractivity contribution in [1.29, 1.82) is 0 Å². The molecular weight excluding hydrogens is 416 g/mol. The summed E-state index contributed by atoms with van der Waals surface area (Å²) in [5.41, 5.74) is 0.879. The van der Waals surface area contributed by atoms with Gasteiger partial charge in [-0.2, -0.15) is 0 Å². The highest BCUT2D eigenvalue weighted by molar-refractivity contribution is 5.85. The molecule has 6 aliphatic rings. The van der Waals surface area contributed by atoms with Gasteiger partial charge in [-0.15, -0.1) is 12.4 Å². The van der Waals surface area contributed by atoms with Crippen molar-refractivity contribution >= 4 is 18.3 Å². The second-order valence-corrected chi connectivity index (χ2v) is 10.6. The lowest BCUT2D eigenvalue weighted by Crippen LogP contribution is -2.78. The summed E-state index contributed by atoms with van der Waals surface area (Å²) in [6.07, 6.45) is 6.98. The number of rotatable bonds is 3. The van der Waals surface area contributed by atoms with E-state index in [4.69, 9.17) is 4.74 Å². The SMILES string of the molecule is Cl.O=C1CCCN1[C@@H]1CC[C@@]2(O)[C@H]3Cc4ccc(O)c5c4[C@@]2(CCN3CC2CC2)[C@@H]1O5. The molecule has 0 aromatic heterocycles. The van der Waals surface area contributed by atoms with Gasteiger partial charge in [0, 0.05) is 31.1 Å². The Balaban J connectivity index is 0.00000185. The van der Waals surface area contributed by atoms with Crippen LogP contribution >= 0.6 is 12.4 Å². The van der Waals surface area contributed by atoms with Gasteiger partial charge in [0.25, 0.3) is 0 Å².